The minimum absolute atomic E-state index is 0.210. The maximum absolute atomic E-state index is 11.4. The third-order valence-electron chi connectivity index (χ3n) is 2.09. The summed E-state index contributed by atoms with van der Waals surface area (Å²) >= 11 is 1.40. The predicted octanol–water partition coefficient (Wildman–Crippen LogP) is 1.21. The largest absolute Gasteiger partial charge is 0.336 e. The molecule has 1 aromatic heterocycles. The Bertz CT molecular complexity index is 299. The highest BCUT2D eigenvalue weighted by Gasteiger charge is 2.07. The van der Waals surface area contributed by atoms with Gasteiger partial charge in [-0.25, -0.2) is 9.78 Å². The van der Waals surface area contributed by atoms with E-state index in [-0.39, 0.29) is 6.03 Å². The second-order valence-electron chi connectivity index (χ2n) is 3.48. The van der Waals surface area contributed by atoms with Crippen molar-refractivity contribution in [1.29, 1.82) is 0 Å². The van der Waals surface area contributed by atoms with Crippen molar-refractivity contribution < 1.29 is 4.79 Å². The molecule has 6 heteroatoms. The molecule has 0 spiro atoms. The van der Waals surface area contributed by atoms with E-state index < -0.39 is 0 Å². The van der Waals surface area contributed by atoms with E-state index in [1.54, 1.807) is 6.20 Å². The van der Waals surface area contributed by atoms with Crippen molar-refractivity contribution in [3.05, 3.63) is 11.6 Å². The van der Waals surface area contributed by atoms with Crippen molar-refractivity contribution in [3.8, 4) is 0 Å². The van der Waals surface area contributed by atoms with Crippen LogP contribution in [0.25, 0.3) is 0 Å². The topological polar surface area (TPSA) is 57.3 Å². The van der Waals surface area contributed by atoms with Gasteiger partial charge in [-0.3, -0.25) is 5.32 Å². The summed E-state index contributed by atoms with van der Waals surface area (Å²) in [5.41, 5.74) is 0. The Hall–Kier alpha value is -1.14. The maximum Gasteiger partial charge on any atom is 0.321 e. The zero-order valence-corrected chi connectivity index (χ0v) is 9.97. The molecular formula is C9H16N4OS. The van der Waals surface area contributed by atoms with Gasteiger partial charge in [0.05, 0.1) is 0 Å². The van der Waals surface area contributed by atoms with Crippen LogP contribution >= 0.6 is 11.3 Å². The van der Waals surface area contributed by atoms with Crippen LogP contribution in [0, 0.1) is 0 Å². The molecule has 84 valence electrons. The van der Waals surface area contributed by atoms with Crippen molar-refractivity contribution in [2.75, 3.05) is 26.0 Å². The number of hydrogen-bond donors (Lipinski definition) is 2. The number of likely N-dealkylation sites (N-methyl/N-ethyl adjacent to an activating group) is 1. The smallest absolute Gasteiger partial charge is 0.321 e. The van der Waals surface area contributed by atoms with Crippen molar-refractivity contribution in [2.24, 2.45) is 0 Å². The van der Waals surface area contributed by atoms with Gasteiger partial charge in [-0.2, -0.15) is 0 Å². The van der Waals surface area contributed by atoms with Crippen LogP contribution in [0.2, 0.25) is 0 Å². The minimum atomic E-state index is -0.210. The molecule has 1 aromatic rings. The van der Waals surface area contributed by atoms with E-state index in [4.69, 9.17) is 0 Å². The first kappa shape index (κ1) is 11.9. The van der Waals surface area contributed by atoms with Crippen molar-refractivity contribution >= 4 is 22.5 Å². The molecule has 1 heterocycles. The molecule has 1 atom stereocenters. The van der Waals surface area contributed by atoms with Crippen LogP contribution in [0.1, 0.15) is 6.92 Å². The van der Waals surface area contributed by atoms with Gasteiger partial charge in [0.25, 0.3) is 0 Å². The Kier molecular flexibility index (Phi) is 4.51. The molecule has 15 heavy (non-hydrogen) atoms. The Morgan fingerprint density at radius 2 is 2.40 bits per heavy atom. The first-order valence-electron chi connectivity index (χ1n) is 4.70. The fourth-order valence-electron chi connectivity index (χ4n) is 0.849. The predicted molar refractivity (Wildman–Crippen MR) is 62.3 cm³/mol. The van der Waals surface area contributed by atoms with Crippen molar-refractivity contribution in [3.63, 3.8) is 0 Å². The molecule has 0 bridgehead atoms. The van der Waals surface area contributed by atoms with Gasteiger partial charge in [0, 0.05) is 24.2 Å². The second-order valence-corrected chi connectivity index (χ2v) is 4.38. The summed E-state index contributed by atoms with van der Waals surface area (Å²) in [4.78, 5) is 17.4. The Morgan fingerprint density at radius 3 is 2.93 bits per heavy atom. The molecule has 2 N–H and O–H groups in total. The van der Waals surface area contributed by atoms with Crippen LogP contribution in [0.5, 0.6) is 0 Å². The quantitative estimate of drug-likeness (QED) is 0.814. The third kappa shape index (κ3) is 4.26. The number of urea groups is 1. The van der Waals surface area contributed by atoms with Gasteiger partial charge in [0.2, 0.25) is 0 Å². The van der Waals surface area contributed by atoms with E-state index in [1.807, 2.05) is 31.3 Å². The van der Waals surface area contributed by atoms with E-state index in [1.165, 1.54) is 11.3 Å². The molecule has 0 aliphatic rings. The number of hydrogen-bond acceptors (Lipinski definition) is 4. The van der Waals surface area contributed by atoms with Gasteiger partial charge < -0.3 is 10.2 Å². The van der Waals surface area contributed by atoms with E-state index >= 15 is 0 Å². The SMILES string of the molecule is C[C@H](CNC(=O)Nc1nccs1)N(C)C. The summed E-state index contributed by atoms with van der Waals surface area (Å²) in [5, 5.41) is 7.87. The molecule has 0 fully saturated rings. The fraction of sp³-hybridized carbons (Fsp3) is 0.556. The van der Waals surface area contributed by atoms with Crippen LogP contribution in [0.15, 0.2) is 11.6 Å². The number of rotatable bonds is 4. The molecule has 0 aromatic carbocycles. The summed E-state index contributed by atoms with van der Waals surface area (Å²) in [5.74, 6) is 0. The highest BCUT2D eigenvalue weighted by atomic mass is 32.1. The number of anilines is 1. The van der Waals surface area contributed by atoms with Crippen molar-refractivity contribution in [2.45, 2.75) is 13.0 Å². The number of amides is 2. The molecule has 0 saturated carbocycles. The number of nitrogens with zero attached hydrogens (tertiary/aromatic N) is 2. The zero-order chi connectivity index (χ0) is 11.3. The van der Waals surface area contributed by atoms with E-state index in [9.17, 15) is 4.79 Å². The highest BCUT2D eigenvalue weighted by Crippen LogP contribution is 2.09. The molecular weight excluding hydrogens is 212 g/mol. The molecule has 0 aliphatic carbocycles. The lowest BCUT2D eigenvalue weighted by atomic mass is 10.3. The third-order valence-corrected chi connectivity index (χ3v) is 2.78. The number of carbonyl (C=O) groups is 1. The number of thiazole rings is 1. The highest BCUT2D eigenvalue weighted by molar-refractivity contribution is 7.13. The molecule has 1 rings (SSSR count). The molecule has 0 radical (unpaired) electrons. The number of nitrogens with one attached hydrogen (secondary N) is 2. The van der Waals surface area contributed by atoms with E-state index in [2.05, 4.69) is 15.6 Å². The lowest BCUT2D eigenvalue weighted by Gasteiger charge is -2.19. The molecule has 0 saturated heterocycles. The fourth-order valence-corrected chi connectivity index (χ4v) is 1.37. The average molecular weight is 228 g/mol. The standard InChI is InChI=1S/C9H16N4OS/c1-7(13(2)3)6-11-8(14)12-9-10-4-5-15-9/h4-5,7H,6H2,1-3H3,(H2,10,11,12,14)/t7-/m1/s1. The monoisotopic (exact) mass is 228 g/mol. The molecule has 0 aliphatic heterocycles. The second kappa shape index (κ2) is 5.67. The van der Waals surface area contributed by atoms with Gasteiger partial charge >= 0.3 is 6.03 Å². The Labute approximate surface area is 93.5 Å². The Morgan fingerprint density at radius 1 is 1.67 bits per heavy atom. The van der Waals surface area contributed by atoms with Gasteiger partial charge in [0.1, 0.15) is 0 Å². The first-order chi connectivity index (χ1) is 7.09. The number of carbonyl (C=O) groups excluding carboxylic acids is 1. The maximum atomic E-state index is 11.4. The van der Waals surface area contributed by atoms with Crippen LogP contribution in [-0.4, -0.2) is 42.6 Å². The van der Waals surface area contributed by atoms with E-state index in [0.717, 1.165) is 0 Å². The van der Waals surface area contributed by atoms with Gasteiger partial charge in [-0.05, 0) is 21.0 Å². The summed E-state index contributed by atoms with van der Waals surface area (Å²) in [7, 11) is 3.95. The molecule has 2 amide bonds. The van der Waals surface area contributed by atoms with E-state index in [0.29, 0.717) is 17.7 Å². The molecule has 5 nitrogen and oxygen atoms in total. The van der Waals surface area contributed by atoms with Crippen molar-refractivity contribution in [1.82, 2.24) is 15.2 Å². The Balaban J connectivity index is 2.25. The summed E-state index contributed by atoms with van der Waals surface area (Å²) < 4.78 is 0. The zero-order valence-electron chi connectivity index (χ0n) is 9.15. The lowest BCUT2D eigenvalue weighted by Crippen LogP contribution is -2.40. The molecule has 0 unspecified atom stereocenters. The summed E-state index contributed by atoms with van der Waals surface area (Å²) in [6.45, 7) is 2.66. The van der Waals surface area contributed by atoms with Gasteiger partial charge in [-0.15, -0.1) is 11.3 Å². The normalized spacial score (nSPS) is 12.5. The van der Waals surface area contributed by atoms with Crippen LogP contribution < -0.4 is 10.6 Å². The first-order valence-corrected chi connectivity index (χ1v) is 5.58. The average Bonchev–Trinajstić information content (AvgIpc) is 2.66. The minimum Gasteiger partial charge on any atom is -0.336 e. The summed E-state index contributed by atoms with van der Waals surface area (Å²) in [6.07, 6.45) is 1.66. The van der Waals surface area contributed by atoms with Crippen LogP contribution in [-0.2, 0) is 0 Å². The van der Waals surface area contributed by atoms with Gasteiger partial charge in [0.15, 0.2) is 5.13 Å². The van der Waals surface area contributed by atoms with Crippen LogP contribution in [0.4, 0.5) is 9.93 Å². The van der Waals surface area contributed by atoms with Gasteiger partial charge in [-0.1, -0.05) is 0 Å². The summed E-state index contributed by atoms with van der Waals surface area (Å²) in [6, 6.07) is 0.102. The lowest BCUT2D eigenvalue weighted by molar-refractivity contribution is 0.245. The number of aromatic nitrogens is 1. The van der Waals surface area contributed by atoms with Crippen LogP contribution in [0.3, 0.4) is 0 Å².